The van der Waals surface area contributed by atoms with Crippen molar-refractivity contribution in [2.24, 2.45) is 0 Å². The average Bonchev–Trinajstić information content (AvgIpc) is 2.30. The van der Waals surface area contributed by atoms with E-state index in [1.807, 2.05) is 18.2 Å². The van der Waals surface area contributed by atoms with Gasteiger partial charge in [-0.3, -0.25) is 0 Å². The lowest BCUT2D eigenvalue weighted by atomic mass is 9.99. The molecule has 1 nitrogen and oxygen atoms in total. The number of ether oxygens (including phenoxy) is 1. The lowest BCUT2D eigenvalue weighted by Crippen LogP contribution is -2.10. The summed E-state index contributed by atoms with van der Waals surface area (Å²) in [6, 6.07) is 9.11. The summed E-state index contributed by atoms with van der Waals surface area (Å²) in [4.78, 5) is 0. The van der Waals surface area contributed by atoms with Crippen LogP contribution >= 0.6 is 0 Å². The highest BCUT2D eigenvalue weighted by molar-refractivity contribution is 5.39. The molecule has 1 heterocycles. The maximum absolute atomic E-state index is 5.59. The first-order chi connectivity index (χ1) is 5.29. The highest BCUT2D eigenvalue weighted by atomic mass is 16.5. The minimum atomic E-state index is 0.309. The average molecular weight is 147 g/mol. The second-order valence-electron chi connectivity index (χ2n) is 3.06. The number of rotatable bonds is 0. The molecule has 1 aliphatic rings. The van der Waals surface area contributed by atoms with Gasteiger partial charge in [0.15, 0.2) is 0 Å². The summed E-state index contributed by atoms with van der Waals surface area (Å²) in [5, 5.41) is 0. The SMILES string of the molecule is CC1Oc2ccc[c]c2C1C. The third kappa shape index (κ3) is 0.917. The van der Waals surface area contributed by atoms with Crippen LogP contribution < -0.4 is 4.74 Å². The quantitative estimate of drug-likeness (QED) is 0.547. The Hall–Kier alpha value is -0.980. The molecule has 0 aliphatic carbocycles. The van der Waals surface area contributed by atoms with E-state index >= 15 is 0 Å². The van der Waals surface area contributed by atoms with Gasteiger partial charge in [-0.2, -0.15) is 0 Å². The third-order valence-corrected chi connectivity index (χ3v) is 2.32. The van der Waals surface area contributed by atoms with Crippen molar-refractivity contribution in [3.8, 4) is 5.75 Å². The van der Waals surface area contributed by atoms with Gasteiger partial charge in [0, 0.05) is 11.5 Å². The van der Waals surface area contributed by atoms with Crippen LogP contribution in [0.25, 0.3) is 0 Å². The highest BCUT2D eigenvalue weighted by Crippen LogP contribution is 2.36. The molecule has 0 bridgehead atoms. The molecule has 0 amide bonds. The third-order valence-electron chi connectivity index (χ3n) is 2.32. The second kappa shape index (κ2) is 2.26. The van der Waals surface area contributed by atoms with Crippen molar-refractivity contribution in [3.05, 3.63) is 29.8 Å². The molecule has 1 aliphatic heterocycles. The van der Waals surface area contributed by atoms with E-state index in [9.17, 15) is 0 Å². The van der Waals surface area contributed by atoms with Gasteiger partial charge >= 0.3 is 0 Å². The molecule has 0 N–H and O–H groups in total. The smallest absolute Gasteiger partial charge is 0.123 e. The summed E-state index contributed by atoms with van der Waals surface area (Å²) < 4.78 is 5.59. The predicted molar refractivity (Wildman–Crippen MR) is 43.8 cm³/mol. The van der Waals surface area contributed by atoms with Gasteiger partial charge in [0.1, 0.15) is 11.9 Å². The highest BCUT2D eigenvalue weighted by Gasteiger charge is 2.26. The van der Waals surface area contributed by atoms with Crippen LogP contribution in [0.1, 0.15) is 25.3 Å². The van der Waals surface area contributed by atoms with E-state index in [1.165, 1.54) is 5.56 Å². The zero-order chi connectivity index (χ0) is 7.84. The molecule has 2 atom stereocenters. The summed E-state index contributed by atoms with van der Waals surface area (Å²) >= 11 is 0. The monoisotopic (exact) mass is 147 g/mol. The van der Waals surface area contributed by atoms with Crippen molar-refractivity contribution in [1.29, 1.82) is 0 Å². The second-order valence-corrected chi connectivity index (χ2v) is 3.06. The standard InChI is InChI=1S/C10H11O/c1-7-8(2)11-10-6-4-3-5-9(7)10/h3-4,6-8H,1-2H3. The maximum atomic E-state index is 5.59. The fourth-order valence-corrected chi connectivity index (χ4v) is 1.43. The van der Waals surface area contributed by atoms with Crippen LogP contribution in [0.3, 0.4) is 0 Å². The molecule has 0 saturated heterocycles. The Morgan fingerprint density at radius 2 is 2.27 bits per heavy atom. The Kier molecular flexibility index (Phi) is 1.38. The molecule has 1 radical (unpaired) electrons. The number of fused-ring (bicyclic) bond motifs is 1. The van der Waals surface area contributed by atoms with E-state index < -0.39 is 0 Å². The fraction of sp³-hybridized carbons (Fsp3) is 0.400. The summed E-state index contributed by atoms with van der Waals surface area (Å²) in [6.45, 7) is 4.27. The Morgan fingerprint density at radius 3 is 3.00 bits per heavy atom. The zero-order valence-electron chi connectivity index (χ0n) is 6.79. The van der Waals surface area contributed by atoms with Crippen LogP contribution in [0, 0.1) is 6.07 Å². The first-order valence-corrected chi connectivity index (χ1v) is 3.96. The van der Waals surface area contributed by atoms with Gasteiger partial charge < -0.3 is 4.74 Å². The van der Waals surface area contributed by atoms with Crippen molar-refractivity contribution in [2.75, 3.05) is 0 Å². The minimum absolute atomic E-state index is 0.309. The Morgan fingerprint density at radius 1 is 1.45 bits per heavy atom. The van der Waals surface area contributed by atoms with Crippen LogP contribution in [0.2, 0.25) is 0 Å². The molecule has 11 heavy (non-hydrogen) atoms. The number of hydrogen-bond donors (Lipinski definition) is 0. The lowest BCUT2D eigenvalue weighted by Gasteiger charge is -2.06. The van der Waals surface area contributed by atoms with Crippen molar-refractivity contribution in [3.63, 3.8) is 0 Å². The molecule has 0 fully saturated rings. The Balaban J connectivity index is 2.47. The molecule has 0 saturated carbocycles. The molecule has 2 unspecified atom stereocenters. The zero-order valence-corrected chi connectivity index (χ0v) is 6.79. The van der Waals surface area contributed by atoms with Crippen molar-refractivity contribution >= 4 is 0 Å². The summed E-state index contributed by atoms with van der Waals surface area (Å²) in [7, 11) is 0. The van der Waals surface area contributed by atoms with Crippen LogP contribution in [0.4, 0.5) is 0 Å². The molecule has 1 heteroatoms. The molecule has 1 aromatic rings. The lowest BCUT2D eigenvalue weighted by molar-refractivity contribution is 0.232. The maximum Gasteiger partial charge on any atom is 0.123 e. The van der Waals surface area contributed by atoms with Gasteiger partial charge in [0.25, 0.3) is 0 Å². The summed E-state index contributed by atoms with van der Waals surface area (Å²) in [6.07, 6.45) is 0.309. The first kappa shape index (κ1) is 6.71. The van der Waals surface area contributed by atoms with Gasteiger partial charge in [-0.05, 0) is 19.1 Å². The Labute approximate surface area is 67.0 Å². The van der Waals surface area contributed by atoms with Gasteiger partial charge in [-0.25, -0.2) is 0 Å². The van der Waals surface area contributed by atoms with Crippen LogP contribution in [0.5, 0.6) is 5.75 Å². The fourth-order valence-electron chi connectivity index (χ4n) is 1.43. The van der Waals surface area contributed by atoms with Crippen LogP contribution in [0.15, 0.2) is 18.2 Å². The largest absolute Gasteiger partial charge is 0.490 e. The van der Waals surface area contributed by atoms with E-state index in [-0.39, 0.29) is 0 Å². The predicted octanol–water partition coefficient (Wildman–Crippen LogP) is 2.37. The number of hydrogen-bond acceptors (Lipinski definition) is 1. The minimum Gasteiger partial charge on any atom is -0.490 e. The molecular formula is C10H11O. The first-order valence-electron chi connectivity index (χ1n) is 3.96. The van der Waals surface area contributed by atoms with Crippen molar-refractivity contribution in [1.82, 2.24) is 0 Å². The summed E-state index contributed by atoms with van der Waals surface area (Å²) in [5.74, 6) is 1.50. The van der Waals surface area contributed by atoms with Crippen LogP contribution in [-0.2, 0) is 0 Å². The number of benzene rings is 1. The van der Waals surface area contributed by atoms with Gasteiger partial charge in [0.2, 0.25) is 0 Å². The van der Waals surface area contributed by atoms with E-state index in [0.29, 0.717) is 12.0 Å². The van der Waals surface area contributed by atoms with Gasteiger partial charge in [-0.1, -0.05) is 19.1 Å². The molecule has 1 aromatic carbocycles. The van der Waals surface area contributed by atoms with E-state index in [4.69, 9.17) is 4.74 Å². The molecule has 0 aromatic heterocycles. The molecule has 2 rings (SSSR count). The van der Waals surface area contributed by atoms with E-state index in [0.717, 1.165) is 5.75 Å². The van der Waals surface area contributed by atoms with Gasteiger partial charge in [-0.15, -0.1) is 0 Å². The molecular weight excluding hydrogens is 136 g/mol. The van der Waals surface area contributed by atoms with Gasteiger partial charge in [0.05, 0.1) is 0 Å². The van der Waals surface area contributed by atoms with Crippen LogP contribution in [-0.4, -0.2) is 6.10 Å². The van der Waals surface area contributed by atoms with E-state index in [1.54, 1.807) is 0 Å². The molecule has 57 valence electrons. The molecule has 0 spiro atoms. The van der Waals surface area contributed by atoms with Crippen molar-refractivity contribution < 1.29 is 4.74 Å². The van der Waals surface area contributed by atoms with Crippen molar-refractivity contribution in [2.45, 2.75) is 25.9 Å². The van der Waals surface area contributed by atoms with E-state index in [2.05, 4.69) is 19.9 Å². The normalized spacial score (nSPS) is 27.8. The Bertz CT molecular complexity index is 267. The topological polar surface area (TPSA) is 9.23 Å². The summed E-state index contributed by atoms with van der Waals surface area (Å²) in [5.41, 5.74) is 1.22.